The van der Waals surface area contributed by atoms with E-state index in [0.717, 1.165) is 0 Å². The molecule has 0 unspecified atom stereocenters. The third-order valence-electron chi connectivity index (χ3n) is 2.36. The summed E-state index contributed by atoms with van der Waals surface area (Å²) in [6.07, 6.45) is 1.53. The van der Waals surface area contributed by atoms with Gasteiger partial charge in [-0.2, -0.15) is 0 Å². The molecule has 0 saturated heterocycles. The summed E-state index contributed by atoms with van der Waals surface area (Å²) in [6.45, 7) is 4.68. The lowest BCUT2D eigenvalue weighted by atomic mass is 10.1. The van der Waals surface area contributed by atoms with Crippen molar-refractivity contribution < 1.29 is 24.2 Å². The van der Waals surface area contributed by atoms with Crippen LogP contribution in [-0.4, -0.2) is 29.0 Å². The first-order valence-electron chi connectivity index (χ1n) is 5.87. The highest BCUT2D eigenvalue weighted by molar-refractivity contribution is 5.97. The zero-order valence-corrected chi connectivity index (χ0v) is 11.0. The second-order valence-corrected chi connectivity index (χ2v) is 4.01. The summed E-state index contributed by atoms with van der Waals surface area (Å²) in [5, 5.41) is 11.3. The fourth-order valence-electron chi connectivity index (χ4n) is 1.50. The predicted molar refractivity (Wildman–Crippen MR) is 71.5 cm³/mol. The molecular formula is C14H15NO5. The van der Waals surface area contributed by atoms with Crippen molar-refractivity contribution in [1.82, 2.24) is 5.32 Å². The van der Waals surface area contributed by atoms with Gasteiger partial charge in [-0.25, -0.2) is 4.79 Å². The van der Waals surface area contributed by atoms with Crippen LogP contribution in [0.5, 0.6) is 5.75 Å². The summed E-state index contributed by atoms with van der Waals surface area (Å²) >= 11 is 0. The Kier molecular flexibility index (Phi) is 5.46. The molecular weight excluding hydrogens is 262 g/mol. The van der Waals surface area contributed by atoms with Crippen molar-refractivity contribution in [1.29, 1.82) is 0 Å². The minimum absolute atomic E-state index is 0.116. The molecule has 0 aliphatic carbocycles. The molecule has 106 valence electrons. The van der Waals surface area contributed by atoms with Crippen molar-refractivity contribution in [3.8, 4) is 5.75 Å². The molecule has 0 spiro atoms. The van der Waals surface area contributed by atoms with Gasteiger partial charge in [-0.3, -0.25) is 9.59 Å². The van der Waals surface area contributed by atoms with E-state index in [-0.39, 0.29) is 17.7 Å². The van der Waals surface area contributed by atoms with Crippen LogP contribution < -0.4 is 10.1 Å². The van der Waals surface area contributed by atoms with Gasteiger partial charge in [0.2, 0.25) is 0 Å². The quantitative estimate of drug-likeness (QED) is 0.465. The van der Waals surface area contributed by atoms with Gasteiger partial charge < -0.3 is 15.2 Å². The molecule has 0 radical (unpaired) electrons. The number of carboxylic acid groups (broad SMARTS) is 1. The molecule has 0 fully saturated rings. The lowest BCUT2D eigenvalue weighted by Gasteiger charge is -2.12. The third-order valence-corrected chi connectivity index (χ3v) is 2.36. The number of rotatable bonds is 6. The lowest BCUT2D eigenvalue weighted by Crippen LogP contribution is -2.40. The third kappa shape index (κ3) is 4.56. The van der Waals surface area contributed by atoms with Gasteiger partial charge in [0, 0.05) is 12.5 Å². The van der Waals surface area contributed by atoms with Gasteiger partial charge in [0.25, 0.3) is 5.91 Å². The van der Waals surface area contributed by atoms with Crippen LogP contribution in [0.4, 0.5) is 0 Å². The van der Waals surface area contributed by atoms with Crippen molar-refractivity contribution in [3.05, 3.63) is 42.5 Å². The van der Waals surface area contributed by atoms with Gasteiger partial charge in [0.1, 0.15) is 11.8 Å². The first kappa shape index (κ1) is 15.4. The maximum absolute atomic E-state index is 11.9. The zero-order valence-electron chi connectivity index (χ0n) is 11.0. The predicted octanol–water partition coefficient (Wildman–Crippen LogP) is 1.37. The number of benzene rings is 1. The van der Waals surface area contributed by atoms with Gasteiger partial charge in [-0.15, -0.1) is 6.58 Å². The summed E-state index contributed by atoms with van der Waals surface area (Å²) in [6, 6.07) is 4.88. The fraction of sp³-hybridized carbons (Fsp3) is 0.214. The summed E-state index contributed by atoms with van der Waals surface area (Å²) in [5.41, 5.74) is 0.207. The van der Waals surface area contributed by atoms with E-state index in [1.54, 1.807) is 0 Å². The molecule has 1 rings (SSSR count). The summed E-state index contributed by atoms with van der Waals surface area (Å²) in [7, 11) is 0. The Morgan fingerprint density at radius 1 is 1.45 bits per heavy atom. The van der Waals surface area contributed by atoms with Gasteiger partial charge >= 0.3 is 11.9 Å². The molecule has 0 aliphatic rings. The molecule has 0 heterocycles. The van der Waals surface area contributed by atoms with Crippen molar-refractivity contribution in [2.75, 3.05) is 0 Å². The largest absolute Gasteiger partial charge is 0.480 e. The number of carboxylic acids is 1. The normalized spacial score (nSPS) is 11.2. The average Bonchev–Trinajstić information content (AvgIpc) is 2.37. The Morgan fingerprint density at radius 2 is 2.15 bits per heavy atom. The van der Waals surface area contributed by atoms with Crippen molar-refractivity contribution >= 4 is 17.8 Å². The van der Waals surface area contributed by atoms with Crippen LogP contribution >= 0.6 is 0 Å². The highest BCUT2D eigenvalue weighted by Gasteiger charge is 2.19. The topological polar surface area (TPSA) is 92.7 Å². The molecule has 1 amide bonds. The summed E-state index contributed by atoms with van der Waals surface area (Å²) < 4.78 is 4.85. The first-order chi connectivity index (χ1) is 9.43. The van der Waals surface area contributed by atoms with Crippen LogP contribution in [0.2, 0.25) is 0 Å². The molecule has 6 heteroatoms. The summed E-state index contributed by atoms with van der Waals surface area (Å²) in [4.78, 5) is 33.7. The Balaban J connectivity index is 2.83. The van der Waals surface area contributed by atoms with E-state index in [0.29, 0.717) is 0 Å². The van der Waals surface area contributed by atoms with E-state index in [9.17, 15) is 14.4 Å². The van der Waals surface area contributed by atoms with E-state index in [1.165, 1.54) is 37.3 Å². The molecule has 2 N–H and O–H groups in total. The van der Waals surface area contributed by atoms with Crippen molar-refractivity contribution in [2.45, 2.75) is 19.4 Å². The van der Waals surface area contributed by atoms with Crippen LogP contribution in [-0.2, 0) is 9.59 Å². The van der Waals surface area contributed by atoms with Gasteiger partial charge in [-0.05, 0) is 24.6 Å². The van der Waals surface area contributed by atoms with Crippen LogP contribution in [0, 0.1) is 0 Å². The molecule has 1 atom stereocenters. The maximum Gasteiger partial charge on any atom is 0.326 e. The summed E-state index contributed by atoms with van der Waals surface area (Å²) in [5.74, 6) is -1.99. The number of hydrogen-bond donors (Lipinski definition) is 2. The lowest BCUT2D eigenvalue weighted by molar-refractivity contribution is -0.139. The standard InChI is InChI=1S/C14H15NO5/c1-3-5-12(14(18)19)15-13(17)10-6-4-7-11(8-10)20-9(2)16/h3-4,6-8,12H,1,5H2,2H3,(H,15,17)(H,18,19)/t12-/m0/s1. The molecule has 1 aromatic rings. The molecule has 6 nitrogen and oxygen atoms in total. The minimum Gasteiger partial charge on any atom is -0.480 e. The Morgan fingerprint density at radius 3 is 2.70 bits per heavy atom. The second kappa shape index (κ2) is 7.08. The number of amides is 1. The van der Waals surface area contributed by atoms with Gasteiger partial charge in [0.15, 0.2) is 0 Å². The number of aliphatic carboxylic acids is 1. The van der Waals surface area contributed by atoms with Crippen LogP contribution in [0.1, 0.15) is 23.7 Å². The van der Waals surface area contributed by atoms with E-state index in [2.05, 4.69) is 11.9 Å². The van der Waals surface area contributed by atoms with Crippen molar-refractivity contribution in [3.63, 3.8) is 0 Å². The van der Waals surface area contributed by atoms with E-state index >= 15 is 0 Å². The SMILES string of the molecule is C=CC[C@H](NC(=O)c1cccc(OC(C)=O)c1)C(=O)O. The van der Waals surface area contributed by atoms with Crippen LogP contribution in [0.15, 0.2) is 36.9 Å². The average molecular weight is 277 g/mol. The van der Waals surface area contributed by atoms with E-state index in [4.69, 9.17) is 9.84 Å². The number of esters is 1. The molecule has 0 aliphatic heterocycles. The highest BCUT2D eigenvalue weighted by Crippen LogP contribution is 2.13. The zero-order chi connectivity index (χ0) is 15.1. The van der Waals surface area contributed by atoms with Crippen molar-refractivity contribution in [2.24, 2.45) is 0 Å². The first-order valence-corrected chi connectivity index (χ1v) is 5.87. The number of hydrogen-bond acceptors (Lipinski definition) is 4. The molecule has 20 heavy (non-hydrogen) atoms. The number of carbonyl (C=O) groups is 3. The number of carbonyl (C=O) groups excluding carboxylic acids is 2. The maximum atomic E-state index is 11.9. The van der Waals surface area contributed by atoms with Gasteiger partial charge in [0.05, 0.1) is 0 Å². The Labute approximate surface area is 116 Å². The Bertz CT molecular complexity index is 538. The fourth-order valence-corrected chi connectivity index (χ4v) is 1.50. The number of ether oxygens (including phenoxy) is 1. The second-order valence-electron chi connectivity index (χ2n) is 4.01. The molecule has 0 saturated carbocycles. The van der Waals surface area contributed by atoms with E-state index in [1.807, 2.05) is 0 Å². The molecule has 0 bridgehead atoms. The smallest absolute Gasteiger partial charge is 0.326 e. The van der Waals surface area contributed by atoms with Gasteiger partial charge in [-0.1, -0.05) is 12.1 Å². The Hall–Kier alpha value is -2.63. The van der Waals surface area contributed by atoms with E-state index < -0.39 is 23.9 Å². The number of nitrogens with one attached hydrogen (secondary N) is 1. The highest BCUT2D eigenvalue weighted by atomic mass is 16.5. The molecule has 0 aromatic heterocycles. The van der Waals surface area contributed by atoms with Crippen LogP contribution in [0.3, 0.4) is 0 Å². The van der Waals surface area contributed by atoms with Crippen LogP contribution in [0.25, 0.3) is 0 Å². The monoisotopic (exact) mass is 277 g/mol. The minimum atomic E-state index is -1.14. The molecule has 1 aromatic carbocycles.